The Bertz CT molecular complexity index is 1230. The summed E-state index contributed by atoms with van der Waals surface area (Å²) in [6, 6.07) is 19.5. The maximum atomic E-state index is 12.6. The molecule has 2 aromatic carbocycles. The normalized spacial score (nSPS) is 11.9. The lowest BCUT2D eigenvalue weighted by atomic mass is 10.0. The Morgan fingerprint density at radius 2 is 1.84 bits per heavy atom. The van der Waals surface area contributed by atoms with Crippen molar-refractivity contribution in [3.8, 4) is 22.8 Å². The first-order valence-electron chi connectivity index (χ1n) is 10.4. The zero-order valence-electron chi connectivity index (χ0n) is 18.6. The molecular formula is C25H26N4O3. The number of hydrogen-bond acceptors (Lipinski definition) is 5. The summed E-state index contributed by atoms with van der Waals surface area (Å²) in [5, 5.41) is 8.40. The predicted octanol–water partition coefficient (Wildman–Crippen LogP) is 4.04. The third-order valence-electron chi connectivity index (χ3n) is 5.32. The van der Waals surface area contributed by atoms with Crippen LogP contribution < -0.4 is 14.8 Å². The van der Waals surface area contributed by atoms with Gasteiger partial charge in [0.05, 0.1) is 18.2 Å². The summed E-state index contributed by atoms with van der Waals surface area (Å²) in [6.07, 6.45) is -0.712. The van der Waals surface area contributed by atoms with Crippen molar-refractivity contribution in [3.05, 3.63) is 71.9 Å². The van der Waals surface area contributed by atoms with E-state index in [0.717, 1.165) is 33.5 Å². The van der Waals surface area contributed by atoms with Gasteiger partial charge in [-0.2, -0.15) is 10.1 Å². The highest BCUT2D eigenvalue weighted by Crippen LogP contribution is 2.33. The smallest absolute Gasteiger partial charge is 0.261 e. The molecule has 7 heteroatoms. The van der Waals surface area contributed by atoms with Crippen LogP contribution in [-0.2, 0) is 18.4 Å². The molecule has 1 amide bonds. The van der Waals surface area contributed by atoms with Crippen LogP contribution in [0.2, 0.25) is 0 Å². The number of ether oxygens (including phenoxy) is 2. The summed E-state index contributed by atoms with van der Waals surface area (Å²) in [5.41, 5.74) is 4.59. The molecule has 0 saturated carbocycles. The first-order valence-corrected chi connectivity index (χ1v) is 10.4. The number of methoxy groups -OCH3 is 1. The highest BCUT2D eigenvalue weighted by atomic mass is 16.5. The Labute approximate surface area is 187 Å². The maximum absolute atomic E-state index is 12.6. The lowest BCUT2D eigenvalue weighted by Crippen LogP contribution is -2.36. The Morgan fingerprint density at radius 3 is 2.53 bits per heavy atom. The van der Waals surface area contributed by atoms with E-state index in [2.05, 4.69) is 15.4 Å². The Kier molecular flexibility index (Phi) is 6.07. The van der Waals surface area contributed by atoms with Gasteiger partial charge in [0.1, 0.15) is 5.75 Å². The van der Waals surface area contributed by atoms with Crippen LogP contribution in [0.1, 0.15) is 18.2 Å². The number of pyridine rings is 1. The fourth-order valence-electron chi connectivity index (χ4n) is 3.64. The van der Waals surface area contributed by atoms with E-state index in [9.17, 15) is 4.79 Å². The van der Waals surface area contributed by atoms with E-state index < -0.39 is 6.10 Å². The lowest BCUT2D eigenvalue weighted by Gasteiger charge is -2.15. The summed E-state index contributed by atoms with van der Waals surface area (Å²) < 4.78 is 12.8. The van der Waals surface area contributed by atoms with Crippen LogP contribution in [0.15, 0.2) is 60.7 Å². The van der Waals surface area contributed by atoms with E-state index in [-0.39, 0.29) is 5.91 Å². The van der Waals surface area contributed by atoms with Crippen molar-refractivity contribution in [2.45, 2.75) is 26.5 Å². The largest absolute Gasteiger partial charge is 0.497 e. The van der Waals surface area contributed by atoms with Gasteiger partial charge in [0.25, 0.3) is 5.91 Å². The van der Waals surface area contributed by atoms with Crippen molar-refractivity contribution in [1.29, 1.82) is 0 Å². The van der Waals surface area contributed by atoms with E-state index in [0.29, 0.717) is 18.1 Å². The number of carbonyl (C=O) groups excluding carboxylic acids is 1. The van der Waals surface area contributed by atoms with Gasteiger partial charge in [-0.3, -0.25) is 9.48 Å². The van der Waals surface area contributed by atoms with Crippen LogP contribution in [-0.4, -0.2) is 33.9 Å². The molecule has 4 aromatic rings. The SMILES string of the molecule is COc1ccc(CNC(=O)[C@@H](C)Oc2cc(-c3ccccc3)c3c(C)nn(C)c3n2)cc1. The molecule has 7 nitrogen and oxygen atoms in total. The first kappa shape index (κ1) is 21.4. The van der Waals surface area contributed by atoms with Crippen molar-refractivity contribution in [3.63, 3.8) is 0 Å². The molecule has 0 aliphatic rings. The van der Waals surface area contributed by atoms with Crippen LogP contribution in [0.5, 0.6) is 11.6 Å². The first-order chi connectivity index (χ1) is 15.5. The highest BCUT2D eigenvalue weighted by molar-refractivity contribution is 5.95. The fraction of sp³-hybridized carbons (Fsp3) is 0.240. The van der Waals surface area contributed by atoms with Gasteiger partial charge in [-0.1, -0.05) is 42.5 Å². The molecule has 4 rings (SSSR count). The molecule has 0 unspecified atom stereocenters. The van der Waals surface area contributed by atoms with Crippen LogP contribution in [0.25, 0.3) is 22.2 Å². The fourth-order valence-corrected chi connectivity index (χ4v) is 3.64. The summed E-state index contributed by atoms with van der Waals surface area (Å²) in [4.78, 5) is 17.3. The van der Waals surface area contributed by atoms with Gasteiger partial charge in [0, 0.05) is 19.7 Å². The van der Waals surface area contributed by atoms with Gasteiger partial charge >= 0.3 is 0 Å². The number of nitrogens with zero attached hydrogens (tertiary/aromatic N) is 3. The average Bonchev–Trinajstić information content (AvgIpc) is 3.11. The molecule has 2 aromatic heterocycles. The minimum atomic E-state index is -0.712. The van der Waals surface area contributed by atoms with Crippen molar-refractivity contribution >= 4 is 16.9 Å². The molecule has 0 spiro atoms. The van der Waals surface area contributed by atoms with Crippen molar-refractivity contribution in [2.24, 2.45) is 7.05 Å². The quantitative estimate of drug-likeness (QED) is 0.479. The third-order valence-corrected chi connectivity index (χ3v) is 5.32. The number of fused-ring (bicyclic) bond motifs is 1. The summed E-state index contributed by atoms with van der Waals surface area (Å²) in [5.74, 6) is 0.939. The number of aryl methyl sites for hydroxylation is 2. The van der Waals surface area contributed by atoms with Crippen molar-refractivity contribution < 1.29 is 14.3 Å². The molecule has 0 aliphatic heterocycles. The zero-order valence-corrected chi connectivity index (χ0v) is 18.6. The number of carbonyl (C=O) groups is 1. The van der Waals surface area contributed by atoms with E-state index in [1.54, 1.807) is 18.7 Å². The van der Waals surface area contributed by atoms with E-state index in [1.807, 2.05) is 74.6 Å². The topological polar surface area (TPSA) is 78.3 Å². The van der Waals surface area contributed by atoms with Gasteiger partial charge in [-0.05, 0) is 42.7 Å². The Hall–Kier alpha value is -3.87. The van der Waals surface area contributed by atoms with Gasteiger partial charge < -0.3 is 14.8 Å². The Morgan fingerprint density at radius 1 is 1.12 bits per heavy atom. The molecule has 32 heavy (non-hydrogen) atoms. The van der Waals surface area contributed by atoms with E-state index in [1.165, 1.54) is 0 Å². The summed E-state index contributed by atoms with van der Waals surface area (Å²) >= 11 is 0. The number of aromatic nitrogens is 3. The molecule has 0 saturated heterocycles. The van der Waals surface area contributed by atoms with Crippen LogP contribution in [0.3, 0.4) is 0 Å². The second kappa shape index (κ2) is 9.09. The van der Waals surface area contributed by atoms with Gasteiger partial charge in [0.2, 0.25) is 5.88 Å². The van der Waals surface area contributed by atoms with Crippen molar-refractivity contribution in [1.82, 2.24) is 20.1 Å². The lowest BCUT2D eigenvalue weighted by molar-refractivity contribution is -0.127. The second-order valence-corrected chi connectivity index (χ2v) is 7.61. The second-order valence-electron chi connectivity index (χ2n) is 7.61. The standard InChI is InChI=1S/C25H26N4O3/c1-16-23-21(19-8-6-5-7-9-19)14-22(27-24(23)29(3)28-16)32-17(2)25(30)26-15-18-10-12-20(31-4)13-11-18/h5-14,17H,15H2,1-4H3,(H,26,30)/t17-/m1/s1. The number of amides is 1. The number of nitrogens with one attached hydrogen (secondary N) is 1. The molecular weight excluding hydrogens is 404 g/mol. The molecule has 1 atom stereocenters. The summed E-state index contributed by atoms with van der Waals surface area (Å²) in [7, 11) is 3.48. The monoisotopic (exact) mass is 430 g/mol. The number of rotatable bonds is 7. The highest BCUT2D eigenvalue weighted by Gasteiger charge is 2.19. The molecule has 0 fully saturated rings. The third kappa shape index (κ3) is 4.42. The molecule has 0 bridgehead atoms. The van der Waals surface area contributed by atoms with Gasteiger partial charge in [-0.15, -0.1) is 0 Å². The van der Waals surface area contributed by atoms with E-state index in [4.69, 9.17) is 9.47 Å². The van der Waals surface area contributed by atoms with Crippen LogP contribution in [0.4, 0.5) is 0 Å². The number of hydrogen-bond donors (Lipinski definition) is 1. The maximum Gasteiger partial charge on any atom is 0.261 e. The Balaban J connectivity index is 1.54. The summed E-state index contributed by atoms with van der Waals surface area (Å²) in [6.45, 7) is 4.08. The zero-order chi connectivity index (χ0) is 22.7. The molecule has 164 valence electrons. The van der Waals surface area contributed by atoms with Crippen molar-refractivity contribution in [2.75, 3.05) is 7.11 Å². The average molecular weight is 431 g/mol. The molecule has 0 aliphatic carbocycles. The molecule has 0 radical (unpaired) electrons. The molecule has 1 N–H and O–H groups in total. The molecule has 2 heterocycles. The minimum absolute atomic E-state index is 0.217. The van der Waals surface area contributed by atoms with Crippen LogP contribution >= 0.6 is 0 Å². The van der Waals surface area contributed by atoms with Gasteiger partial charge in [-0.25, -0.2) is 0 Å². The van der Waals surface area contributed by atoms with E-state index >= 15 is 0 Å². The predicted molar refractivity (Wildman–Crippen MR) is 124 cm³/mol. The minimum Gasteiger partial charge on any atom is -0.497 e. The van der Waals surface area contributed by atoms with Crippen LogP contribution in [0, 0.1) is 6.92 Å². The van der Waals surface area contributed by atoms with Gasteiger partial charge in [0.15, 0.2) is 11.8 Å². The number of benzene rings is 2.